The van der Waals surface area contributed by atoms with Crippen molar-refractivity contribution in [2.24, 2.45) is 0 Å². The Labute approximate surface area is 161 Å². The van der Waals surface area contributed by atoms with E-state index in [0.29, 0.717) is 29.7 Å². The fourth-order valence-electron chi connectivity index (χ4n) is 4.22. The average molecular weight is 385 g/mol. The van der Waals surface area contributed by atoms with Crippen LogP contribution in [0.3, 0.4) is 0 Å². The maximum atomic E-state index is 13.9. The molecule has 2 unspecified atom stereocenters. The number of amides is 2. The molecule has 1 N–H and O–H groups in total. The van der Waals surface area contributed by atoms with Crippen LogP contribution in [-0.4, -0.2) is 39.7 Å². The van der Waals surface area contributed by atoms with E-state index in [-0.39, 0.29) is 24.7 Å². The molecule has 2 atom stereocenters. The van der Waals surface area contributed by atoms with E-state index < -0.39 is 18.0 Å². The summed E-state index contributed by atoms with van der Waals surface area (Å²) in [6.07, 6.45) is 4.70. The zero-order valence-electron chi connectivity index (χ0n) is 15.3. The number of carbonyl (C=O) groups is 2. The number of alkyl halides is 2. The van der Waals surface area contributed by atoms with Gasteiger partial charge in [0.2, 0.25) is 0 Å². The molecular formula is C21H21F2N3O2. The molecule has 4 rings (SSSR count). The van der Waals surface area contributed by atoms with Crippen molar-refractivity contribution >= 4 is 17.5 Å². The molecule has 2 aliphatic heterocycles. The Kier molecular flexibility index (Phi) is 4.83. The molecule has 146 valence electrons. The molecule has 2 fully saturated rings. The molecule has 1 aromatic carbocycles. The van der Waals surface area contributed by atoms with Gasteiger partial charge in [-0.25, -0.2) is 8.78 Å². The highest BCUT2D eigenvalue weighted by molar-refractivity contribution is 6.04. The van der Waals surface area contributed by atoms with Crippen LogP contribution >= 0.6 is 0 Å². The number of fused-ring (bicyclic) bond motifs is 2. The summed E-state index contributed by atoms with van der Waals surface area (Å²) < 4.78 is 27.8. The van der Waals surface area contributed by atoms with Crippen LogP contribution in [0.2, 0.25) is 0 Å². The van der Waals surface area contributed by atoms with Gasteiger partial charge in [0.1, 0.15) is 0 Å². The number of aromatic nitrogens is 1. The number of benzene rings is 1. The Bertz CT molecular complexity index is 855. The number of rotatable bonds is 3. The largest absolute Gasteiger partial charge is 0.332 e. The van der Waals surface area contributed by atoms with Crippen LogP contribution in [0.5, 0.6) is 0 Å². The Morgan fingerprint density at radius 1 is 0.964 bits per heavy atom. The third kappa shape index (κ3) is 3.74. The predicted octanol–water partition coefficient (Wildman–Crippen LogP) is 4.13. The van der Waals surface area contributed by atoms with Crippen molar-refractivity contribution in [2.75, 3.05) is 5.32 Å². The summed E-state index contributed by atoms with van der Waals surface area (Å²) in [5, 5.41) is 2.76. The highest BCUT2D eigenvalue weighted by Crippen LogP contribution is 2.42. The lowest BCUT2D eigenvalue weighted by atomic mass is 9.82. The molecule has 5 nitrogen and oxygen atoms in total. The number of pyridine rings is 1. The summed E-state index contributed by atoms with van der Waals surface area (Å²) in [5.41, 5.74) is 1.49. The smallest absolute Gasteiger partial charge is 0.255 e. The summed E-state index contributed by atoms with van der Waals surface area (Å²) >= 11 is 0. The average Bonchev–Trinajstić information content (AvgIpc) is 2.67. The minimum absolute atomic E-state index is 0.211. The van der Waals surface area contributed by atoms with Gasteiger partial charge in [0, 0.05) is 54.1 Å². The Morgan fingerprint density at radius 2 is 1.57 bits per heavy atom. The van der Waals surface area contributed by atoms with Crippen molar-refractivity contribution in [1.82, 2.24) is 9.88 Å². The van der Waals surface area contributed by atoms with Crippen molar-refractivity contribution in [1.29, 1.82) is 0 Å². The van der Waals surface area contributed by atoms with Crippen LogP contribution in [-0.2, 0) is 0 Å². The lowest BCUT2D eigenvalue weighted by Crippen LogP contribution is -2.57. The zero-order chi connectivity index (χ0) is 19.7. The molecule has 1 aromatic heterocycles. The third-order valence-corrected chi connectivity index (χ3v) is 5.50. The number of anilines is 1. The molecule has 2 amide bonds. The lowest BCUT2D eigenvalue weighted by Gasteiger charge is -2.48. The number of nitrogens with one attached hydrogen (secondary N) is 1. The SMILES string of the molecule is O=C(Nc1ccc(C(=O)N2C3CCCC2CC(F)(F)C3)cc1)c1ccncc1. The van der Waals surface area contributed by atoms with Gasteiger partial charge in [-0.15, -0.1) is 0 Å². The summed E-state index contributed by atoms with van der Waals surface area (Å²) in [6.45, 7) is 0. The monoisotopic (exact) mass is 385 g/mol. The van der Waals surface area contributed by atoms with E-state index in [1.807, 2.05) is 0 Å². The second-order valence-electron chi connectivity index (χ2n) is 7.48. The van der Waals surface area contributed by atoms with Crippen LogP contribution < -0.4 is 5.32 Å². The molecule has 0 aliphatic carbocycles. The Morgan fingerprint density at radius 3 is 2.18 bits per heavy atom. The first kappa shape index (κ1) is 18.5. The van der Waals surface area contributed by atoms with Crippen molar-refractivity contribution in [2.45, 2.75) is 50.1 Å². The van der Waals surface area contributed by atoms with E-state index >= 15 is 0 Å². The second-order valence-corrected chi connectivity index (χ2v) is 7.48. The topological polar surface area (TPSA) is 62.3 Å². The van der Waals surface area contributed by atoms with Crippen molar-refractivity contribution in [3.8, 4) is 0 Å². The van der Waals surface area contributed by atoms with Crippen LogP contribution in [0.15, 0.2) is 48.8 Å². The van der Waals surface area contributed by atoms with E-state index in [2.05, 4.69) is 10.3 Å². The molecule has 2 aliphatic rings. The first-order valence-corrected chi connectivity index (χ1v) is 9.45. The van der Waals surface area contributed by atoms with Crippen LogP contribution in [0, 0.1) is 0 Å². The van der Waals surface area contributed by atoms with Gasteiger partial charge in [-0.1, -0.05) is 0 Å². The van der Waals surface area contributed by atoms with Gasteiger partial charge in [-0.05, 0) is 55.7 Å². The van der Waals surface area contributed by atoms with Crippen LogP contribution in [0.4, 0.5) is 14.5 Å². The van der Waals surface area contributed by atoms with Gasteiger partial charge in [-0.3, -0.25) is 14.6 Å². The van der Waals surface area contributed by atoms with Crippen molar-refractivity contribution in [3.05, 3.63) is 59.9 Å². The quantitative estimate of drug-likeness (QED) is 0.864. The second kappa shape index (κ2) is 7.30. The highest BCUT2D eigenvalue weighted by atomic mass is 19.3. The fraction of sp³-hybridized carbons (Fsp3) is 0.381. The third-order valence-electron chi connectivity index (χ3n) is 5.50. The molecule has 0 saturated carbocycles. The summed E-state index contributed by atoms with van der Waals surface area (Å²) in [4.78, 5) is 30.7. The van der Waals surface area contributed by atoms with E-state index in [4.69, 9.17) is 0 Å². The number of carbonyl (C=O) groups excluding carboxylic acids is 2. The molecule has 2 saturated heterocycles. The zero-order valence-corrected chi connectivity index (χ0v) is 15.3. The maximum absolute atomic E-state index is 13.9. The highest BCUT2D eigenvalue weighted by Gasteiger charge is 2.48. The molecule has 3 heterocycles. The summed E-state index contributed by atoms with van der Waals surface area (Å²) in [5.74, 6) is -3.17. The van der Waals surface area contributed by atoms with Crippen LogP contribution in [0.1, 0.15) is 52.8 Å². The molecule has 0 spiro atoms. The number of halogens is 2. The Hall–Kier alpha value is -2.83. The summed E-state index contributed by atoms with van der Waals surface area (Å²) in [6, 6.07) is 8.99. The van der Waals surface area contributed by atoms with Gasteiger partial charge in [0.25, 0.3) is 17.7 Å². The van der Waals surface area contributed by atoms with E-state index in [1.54, 1.807) is 41.3 Å². The lowest BCUT2D eigenvalue weighted by molar-refractivity contribution is -0.104. The standard InChI is InChI=1S/C21H21F2N3O2/c22-21(23)12-17-2-1-3-18(13-21)26(17)20(28)15-4-6-16(7-5-15)25-19(27)14-8-10-24-11-9-14/h4-11,17-18H,1-3,12-13H2,(H,25,27). The minimum Gasteiger partial charge on any atom is -0.332 e. The van der Waals surface area contributed by atoms with E-state index in [0.717, 1.165) is 6.42 Å². The molecule has 2 aromatic rings. The van der Waals surface area contributed by atoms with Crippen molar-refractivity contribution < 1.29 is 18.4 Å². The van der Waals surface area contributed by atoms with Crippen LogP contribution in [0.25, 0.3) is 0 Å². The van der Waals surface area contributed by atoms with E-state index in [1.165, 1.54) is 12.4 Å². The van der Waals surface area contributed by atoms with Gasteiger partial charge < -0.3 is 10.2 Å². The normalized spacial score (nSPS) is 23.1. The van der Waals surface area contributed by atoms with Gasteiger partial charge >= 0.3 is 0 Å². The molecular weight excluding hydrogens is 364 g/mol. The first-order valence-electron chi connectivity index (χ1n) is 9.45. The number of hydrogen-bond donors (Lipinski definition) is 1. The molecule has 28 heavy (non-hydrogen) atoms. The molecule has 7 heteroatoms. The number of nitrogens with zero attached hydrogens (tertiary/aromatic N) is 2. The van der Waals surface area contributed by atoms with Gasteiger partial charge in [-0.2, -0.15) is 0 Å². The molecule has 2 bridgehead atoms. The van der Waals surface area contributed by atoms with Gasteiger partial charge in [0.15, 0.2) is 0 Å². The molecule has 0 radical (unpaired) electrons. The van der Waals surface area contributed by atoms with Gasteiger partial charge in [0.05, 0.1) is 0 Å². The maximum Gasteiger partial charge on any atom is 0.255 e. The van der Waals surface area contributed by atoms with E-state index in [9.17, 15) is 18.4 Å². The number of hydrogen-bond acceptors (Lipinski definition) is 3. The van der Waals surface area contributed by atoms with Crippen molar-refractivity contribution in [3.63, 3.8) is 0 Å². The first-order chi connectivity index (χ1) is 13.4. The number of piperidine rings is 2. The Balaban J connectivity index is 1.46. The summed E-state index contributed by atoms with van der Waals surface area (Å²) in [7, 11) is 0. The fourth-order valence-corrected chi connectivity index (χ4v) is 4.22. The predicted molar refractivity (Wildman–Crippen MR) is 100 cm³/mol. The minimum atomic E-state index is -2.69.